The predicted molar refractivity (Wildman–Crippen MR) is 74.9 cm³/mol. The summed E-state index contributed by atoms with van der Waals surface area (Å²) in [6.45, 7) is 0.830. The topological polar surface area (TPSA) is 46.6 Å². The largest absolute Gasteiger partial charge is 0.469 e. The van der Waals surface area contributed by atoms with Gasteiger partial charge in [-0.2, -0.15) is 0 Å². The Labute approximate surface area is 120 Å². The zero-order chi connectivity index (χ0) is 14.1. The van der Waals surface area contributed by atoms with E-state index in [1.54, 1.807) is 0 Å². The number of rotatable bonds is 3. The number of hydrogen-bond donors (Lipinski definition) is 0. The molecule has 20 heavy (non-hydrogen) atoms. The van der Waals surface area contributed by atoms with Gasteiger partial charge in [-0.15, -0.1) is 0 Å². The van der Waals surface area contributed by atoms with Crippen LogP contribution in [0.1, 0.15) is 51.4 Å². The van der Waals surface area contributed by atoms with E-state index in [9.17, 15) is 9.59 Å². The van der Waals surface area contributed by atoms with Gasteiger partial charge in [-0.05, 0) is 43.9 Å². The van der Waals surface area contributed by atoms with Gasteiger partial charge in [-0.3, -0.25) is 9.59 Å². The molecule has 0 aromatic heterocycles. The highest BCUT2D eigenvalue weighted by Crippen LogP contribution is 2.56. The highest BCUT2D eigenvalue weighted by molar-refractivity contribution is 5.83. The van der Waals surface area contributed by atoms with Crippen molar-refractivity contribution in [1.29, 1.82) is 0 Å². The van der Waals surface area contributed by atoms with Gasteiger partial charge in [0.1, 0.15) is 0 Å². The first-order valence-electron chi connectivity index (χ1n) is 8.09. The van der Waals surface area contributed by atoms with Crippen molar-refractivity contribution < 1.29 is 14.3 Å². The number of methoxy groups -OCH3 is 1. The molecule has 112 valence electrons. The Kier molecular flexibility index (Phi) is 3.99. The number of amides is 1. The Morgan fingerprint density at radius 1 is 1.05 bits per heavy atom. The fourth-order valence-corrected chi connectivity index (χ4v) is 4.33. The summed E-state index contributed by atoms with van der Waals surface area (Å²) in [5, 5.41) is 0. The molecule has 0 N–H and O–H groups in total. The third kappa shape index (κ3) is 2.57. The maximum absolute atomic E-state index is 12.8. The number of esters is 1. The highest BCUT2D eigenvalue weighted by Gasteiger charge is 2.56. The summed E-state index contributed by atoms with van der Waals surface area (Å²) in [4.78, 5) is 26.3. The predicted octanol–water partition coefficient (Wildman–Crippen LogP) is 2.37. The summed E-state index contributed by atoms with van der Waals surface area (Å²) in [5.74, 6) is 1.71. The molecule has 1 saturated heterocycles. The minimum Gasteiger partial charge on any atom is -0.469 e. The molecule has 3 unspecified atom stereocenters. The number of hydrogen-bond acceptors (Lipinski definition) is 3. The molecule has 0 aromatic carbocycles. The molecule has 3 fully saturated rings. The van der Waals surface area contributed by atoms with Crippen molar-refractivity contribution in [2.75, 3.05) is 13.7 Å². The summed E-state index contributed by atoms with van der Waals surface area (Å²) in [7, 11) is 1.42. The third-order valence-electron chi connectivity index (χ3n) is 5.48. The van der Waals surface area contributed by atoms with Gasteiger partial charge in [0, 0.05) is 18.5 Å². The number of piperidine rings is 1. The molecule has 1 amide bonds. The Morgan fingerprint density at radius 3 is 2.35 bits per heavy atom. The fraction of sp³-hybridized carbons (Fsp3) is 0.875. The van der Waals surface area contributed by atoms with Crippen LogP contribution in [0.3, 0.4) is 0 Å². The molecule has 0 bridgehead atoms. The second-order valence-corrected chi connectivity index (χ2v) is 6.60. The lowest BCUT2D eigenvalue weighted by Crippen LogP contribution is -2.46. The summed E-state index contributed by atoms with van der Waals surface area (Å²) in [6, 6.07) is 0.0753. The second kappa shape index (κ2) is 5.74. The van der Waals surface area contributed by atoms with E-state index in [1.165, 1.54) is 32.8 Å². The first-order valence-corrected chi connectivity index (χ1v) is 8.09. The lowest BCUT2D eigenvalue weighted by atomic mass is 9.98. The Bertz CT molecular complexity index is 383. The molecule has 2 aliphatic carbocycles. The molecule has 3 rings (SSSR count). The van der Waals surface area contributed by atoms with Crippen LogP contribution in [0.2, 0.25) is 0 Å². The standard InChI is InChI=1S/C16H25NO3/c1-20-14(18)10-11-6-4-5-9-17(11)16(19)15-12-7-2-3-8-13(12)15/h11-13,15H,2-10H2,1H3. The van der Waals surface area contributed by atoms with Crippen LogP contribution >= 0.6 is 0 Å². The van der Waals surface area contributed by atoms with Crippen LogP contribution in [0.5, 0.6) is 0 Å². The van der Waals surface area contributed by atoms with Crippen molar-refractivity contribution in [3.8, 4) is 0 Å². The molecular formula is C16H25NO3. The van der Waals surface area contributed by atoms with E-state index in [0.29, 0.717) is 24.2 Å². The SMILES string of the molecule is COC(=O)CC1CCCCN1C(=O)C1C2CCCCC21. The van der Waals surface area contributed by atoms with Gasteiger partial charge in [0.25, 0.3) is 0 Å². The maximum Gasteiger partial charge on any atom is 0.307 e. The van der Waals surface area contributed by atoms with Crippen LogP contribution in [0, 0.1) is 17.8 Å². The van der Waals surface area contributed by atoms with Crippen LogP contribution in [0.25, 0.3) is 0 Å². The van der Waals surface area contributed by atoms with Crippen LogP contribution in [-0.2, 0) is 14.3 Å². The zero-order valence-electron chi connectivity index (χ0n) is 12.3. The van der Waals surface area contributed by atoms with Crippen molar-refractivity contribution in [2.24, 2.45) is 17.8 Å². The van der Waals surface area contributed by atoms with Gasteiger partial charge in [0.2, 0.25) is 5.91 Å². The van der Waals surface area contributed by atoms with E-state index < -0.39 is 0 Å². The summed E-state index contributed by atoms with van der Waals surface area (Å²) in [6.07, 6.45) is 8.54. The molecule has 3 atom stereocenters. The van der Waals surface area contributed by atoms with E-state index in [1.807, 2.05) is 4.90 Å². The van der Waals surface area contributed by atoms with Crippen molar-refractivity contribution in [1.82, 2.24) is 4.90 Å². The number of nitrogens with zero attached hydrogens (tertiary/aromatic N) is 1. The maximum atomic E-state index is 12.8. The Morgan fingerprint density at radius 2 is 1.70 bits per heavy atom. The number of fused-ring (bicyclic) bond motifs is 1. The van der Waals surface area contributed by atoms with Gasteiger partial charge >= 0.3 is 5.97 Å². The van der Waals surface area contributed by atoms with E-state index in [-0.39, 0.29) is 17.9 Å². The molecule has 0 aromatic rings. The summed E-state index contributed by atoms with van der Waals surface area (Å²) >= 11 is 0. The number of ether oxygens (including phenoxy) is 1. The summed E-state index contributed by atoms with van der Waals surface area (Å²) < 4.78 is 4.77. The molecule has 1 aliphatic heterocycles. The van der Waals surface area contributed by atoms with Gasteiger partial charge in [0.15, 0.2) is 0 Å². The zero-order valence-corrected chi connectivity index (χ0v) is 12.3. The first kappa shape index (κ1) is 13.9. The third-order valence-corrected chi connectivity index (χ3v) is 5.48. The molecule has 0 radical (unpaired) electrons. The second-order valence-electron chi connectivity index (χ2n) is 6.60. The first-order chi connectivity index (χ1) is 9.72. The van der Waals surface area contributed by atoms with E-state index in [2.05, 4.69) is 0 Å². The average Bonchev–Trinajstić information content (AvgIpc) is 3.21. The van der Waals surface area contributed by atoms with Crippen molar-refractivity contribution in [3.05, 3.63) is 0 Å². The molecule has 4 heteroatoms. The summed E-state index contributed by atoms with van der Waals surface area (Å²) in [5.41, 5.74) is 0. The molecule has 2 saturated carbocycles. The molecule has 0 spiro atoms. The van der Waals surface area contributed by atoms with Crippen molar-refractivity contribution in [3.63, 3.8) is 0 Å². The molecule has 3 aliphatic rings. The Hall–Kier alpha value is -1.06. The smallest absolute Gasteiger partial charge is 0.307 e. The molecular weight excluding hydrogens is 254 g/mol. The molecule has 1 heterocycles. The van der Waals surface area contributed by atoms with Gasteiger partial charge in [-0.25, -0.2) is 0 Å². The minimum absolute atomic E-state index is 0.0753. The number of likely N-dealkylation sites (tertiary alicyclic amines) is 1. The Balaban J connectivity index is 1.64. The molecule has 4 nitrogen and oxygen atoms in total. The van der Waals surface area contributed by atoms with Gasteiger partial charge < -0.3 is 9.64 Å². The monoisotopic (exact) mass is 279 g/mol. The minimum atomic E-state index is -0.192. The van der Waals surface area contributed by atoms with Gasteiger partial charge in [-0.1, -0.05) is 12.8 Å². The van der Waals surface area contributed by atoms with Crippen LogP contribution in [0.15, 0.2) is 0 Å². The number of carbonyl (C=O) groups is 2. The van der Waals surface area contributed by atoms with E-state index in [4.69, 9.17) is 4.74 Å². The lowest BCUT2D eigenvalue weighted by molar-refractivity contribution is -0.145. The van der Waals surface area contributed by atoms with Crippen LogP contribution < -0.4 is 0 Å². The van der Waals surface area contributed by atoms with Gasteiger partial charge in [0.05, 0.1) is 13.5 Å². The van der Waals surface area contributed by atoms with Crippen molar-refractivity contribution >= 4 is 11.9 Å². The average molecular weight is 279 g/mol. The quantitative estimate of drug-likeness (QED) is 0.745. The number of carbonyl (C=O) groups excluding carboxylic acids is 2. The fourth-order valence-electron chi connectivity index (χ4n) is 4.33. The van der Waals surface area contributed by atoms with Crippen LogP contribution in [-0.4, -0.2) is 36.5 Å². The van der Waals surface area contributed by atoms with E-state index in [0.717, 1.165) is 25.8 Å². The van der Waals surface area contributed by atoms with E-state index >= 15 is 0 Å². The lowest BCUT2D eigenvalue weighted by Gasteiger charge is -2.35. The van der Waals surface area contributed by atoms with Crippen LogP contribution in [0.4, 0.5) is 0 Å². The normalized spacial score (nSPS) is 36.1. The van der Waals surface area contributed by atoms with Crippen molar-refractivity contribution in [2.45, 2.75) is 57.4 Å². The highest BCUT2D eigenvalue weighted by atomic mass is 16.5.